The van der Waals surface area contributed by atoms with E-state index in [0.717, 1.165) is 12.1 Å². The third kappa shape index (κ3) is 5.84. The minimum Gasteiger partial charge on any atom is -0.490 e. The first-order valence-electron chi connectivity index (χ1n) is 16.9. The molecule has 0 fully saturated rings. The lowest BCUT2D eigenvalue weighted by Crippen LogP contribution is -2.57. The molecule has 4 rings (SSSR count). The molecule has 0 saturated carbocycles. The molecule has 238 valence electrons. The van der Waals surface area contributed by atoms with E-state index in [1.165, 1.54) is 43.9 Å². The molecule has 0 aliphatic heterocycles. The standard InChI is InChI=1S/C41H60OSi2/c1-16-23-42-37-35(43(14,15)41(11,12)13)24-28(4)25-36(37)44(17-2,18-3)38-33-26-29(39(5,6)7)19-21-31(33)32-22-20-30(27-34(32)38)40(8,9)10/h16,19-22,24-27,38H,1,17-18,23H2,2-15H3. The Morgan fingerprint density at radius 1 is 0.727 bits per heavy atom. The van der Waals surface area contributed by atoms with Crippen molar-refractivity contribution in [1.29, 1.82) is 0 Å². The second kappa shape index (κ2) is 11.8. The molecule has 3 aromatic rings. The lowest BCUT2D eigenvalue weighted by molar-refractivity contribution is 0.368. The fourth-order valence-electron chi connectivity index (χ4n) is 7.29. The topological polar surface area (TPSA) is 9.23 Å². The summed E-state index contributed by atoms with van der Waals surface area (Å²) in [6.45, 7) is 38.3. The van der Waals surface area contributed by atoms with Gasteiger partial charge in [0.15, 0.2) is 0 Å². The van der Waals surface area contributed by atoms with Gasteiger partial charge in [0.05, 0.1) is 8.07 Å². The van der Waals surface area contributed by atoms with Gasteiger partial charge >= 0.3 is 0 Å². The fraction of sp³-hybridized carbons (Fsp3) is 0.512. The van der Waals surface area contributed by atoms with Gasteiger partial charge in [0.25, 0.3) is 0 Å². The summed E-state index contributed by atoms with van der Waals surface area (Å²) >= 11 is 0. The normalized spacial score (nSPS) is 14.4. The van der Waals surface area contributed by atoms with E-state index in [9.17, 15) is 0 Å². The molecule has 0 radical (unpaired) electrons. The molecular formula is C41H60OSi2. The van der Waals surface area contributed by atoms with Gasteiger partial charge in [0.1, 0.15) is 20.4 Å². The molecule has 0 amide bonds. The van der Waals surface area contributed by atoms with Crippen LogP contribution in [-0.2, 0) is 10.8 Å². The Balaban J connectivity index is 2.16. The van der Waals surface area contributed by atoms with Gasteiger partial charge in [-0.1, -0.05) is 168 Å². The molecule has 0 atom stereocenters. The Hall–Kier alpha value is -2.37. The molecule has 1 aliphatic rings. The number of ether oxygens (including phenoxy) is 1. The summed E-state index contributed by atoms with van der Waals surface area (Å²) in [6.07, 6.45) is 1.92. The average molecular weight is 625 g/mol. The highest BCUT2D eigenvalue weighted by Crippen LogP contribution is 2.53. The van der Waals surface area contributed by atoms with Crippen LogP contribution in [0.3, 0.4) is 0 Å². The van der Waals surface area contributed by atoms with E-state index in [4.69, 9.17) is 4.74 Å². The smallest absolute Gasteiger partial charge is 0.118 e. The van der Waals surface area contributed by atoms with E-state index < -0.39 is 16.1 Å². The maximum atomic E-state index is 6.91. The number of rotatable bonds is 8. The van der Waals surface area contributed by atoms with E-state index >= 15 is 0 Å². The molecule has 0 heterocycles. The van der Waals surface area contributed by atoms with Gasteiger partial charge in [-0.3, -0.25) is 0 Å². The monoisotopic (exact) mass is 624 g/mol. The van der Waals surface area contributed by atoms with Crippen molar-refractivity contribution in [3.05, 3.63) is 89.0 Å². The first kappa shape index (κ1) is 34.5. The van der Waals surface area contributed by atoms with Crippen LogP contribution in [0.15, 0.2) is 61.2 Å². The van der Waals surface area contributed by atoms with E-state index in [-0.39, 0.29) is 15.9 Å². The molecule has 1 aliphatic carbocycles. The van der Waals surface area contributed by atoms with Gasteiger partial charge in [-0.15, -0.1) is 0 Å². The van der Waals surface area contributed by atoms with Gasteiger partial charge in [0, 0.05) is 5.54 Å². The van der Waals surface area contributed by atoms with Crippen molar-refractivity contribution >= 4 is 26.5 Å². The minimum atomic E-state index is -2.29. The van der Waals surface area contributed by atoms with E-state index in [0.29, 0.717) is 12.1 Å². The number of aryl methyl sites for hydroxylation is 1. The summed E-state index contributed by atoms with van der Waals surface area (Å²) in [5, 5.41) is 3.20. The van der Waals surface area contributed by atoms with Gasteiger partial charge in [-0.05, 0) is 66.5 Å². The summed E-state index contributed by atoms with van der Waals surface area (Å²) in [4.78, 5) is 0. The van der Waals surface area contributed by atoms with Crippen LogP contribution in [0.1, 0.15) is 110 Å². The maximum absolute atomic E-state index is 6.91. The van der Waals surface area contributed by atoms with Crippen molar-refractivity contribution in [3.8, 4) is 16.9 Å². The maximum Gasteiger partial charge on any atom is 0.118 e. The average Bonchev–Trinajstić information content (AvgIpc) is 3.25. The molecular weight excluding hydrogens is 565 g/mol. The SMILES string of the molecule is C=CCOc1c([Si](CC)(CC)C2c3cc(C(C)(C)C)ccc3-c3ccc(C(C)(C)C)cc32)cc(C)cc1[Si](C)(C)C(C)(C)C. The van der Waals surface area contributed by atoms with Crippen molar-refractivity contribution in [2.75, 3.05) is 6.61 Å². The molecule has 0 aromatic heterocycles. The molecule has 3 heteroatoms. The summed E-state index contributed by atoms with van der Waals surface area (Å²) in [6, 6.07) is 22.1. The fourth-order valence-corrected chi connectivity index (χ4v) is 14.8. The van der Waals surface area contributed by atoms with E-state index in [1.54, 1.807) is 11.1 Å². The number of hydrogen-bond acceptors (Lipinski definition) is 1. The summed E-state index contributed by atoms with van der Waals surface area (Å²) in [5.41, 5.74) is 10.7. The second-order valence-electron chi connectivity index (χ2n) is 17.1. The Labute approximate surface area is 272 Å². The molecule has 44 heavy (non-hydrogen) atoms. The van der Waals surface area contributed by atoms with Crippen molar-refractivity contribution in [1.82, 2.24) is 0 Å². The lowest BCUT2D eigenvalue weighted by atomic mass is 9.85. The molecule has 0 spiro atoms. The van der Waals surface area contributed by atoms with Crippen LogP contribution in [0, 0.1) is 6.92 Å². The molecule has 0 unspecified atom stereocenters. The number of fused-ring (bicyclic) bond motifs is 3. The Morgan fingerprint density at radius 3 is 1.57 bits per heavy atom. The third-order valence-corrected chi connectivity index (χ3v) is 22.4. The lowest BCUT2D eigenvalue weighted by Gasteiger charge is -2.43. The zero-order valence-corrected chi connectivity index (χ0v) is 32.5. The third-order valence-electron chi connectivity index (χ3n) is 11.2. The van der Waals surface area contributed by atoms with Gasteiger partial charge in [-0.25, -0.2) is 0 Å². The second-order valence-corrected chi connectivity index (χ2v) is 27.2. The number of benzene rings is 3. The van der Waals surface area contributed by atoms with Gasteiger partial charge in [-0.2, -0.15) is 0 Å². The first-order chi connectivity index (χ1) is 20.2. The highest BCUT2D eigenvalue weighted by atomic mass is 28.3. The van der Waals surface area contributed by atoms with Gasteiger partial charge < -0.3 is 4.74 Å². The Morgan fingerprint density at radius 2 is 1.18 bits per heavy atom. The van der Waals surface area contributed by atoms with Crippen LogP contribution in [0.25, 0.3) is 11.1 Å². The number of hydrogen-bond donors (Lipinski definition) is 0. The quantitative estimate of drug-likeness (QED) is 0.179. The minimum absolute atomic E-state index is 0.0879. The predicted molar refractivity (Wildman–Crippen MR) is 201 cm³/mol. The summed E-state index contributed by atoms with van der Waals surface area (Å²) in [7, 11) is -4.22. The van der Waals surface area contributed by atoms with Crippen LogP contribution >= 0.6 is 0 Å². The van der Waals surface area contributed by atoms with Crippen molar-refractivity contribution < 1.29 is 4.74 Å². The molecule has 0 N–H and O–H groups in total. The van der Waals surface area contributed by atoms with Gasteiger partial charge in [0.2, 0.25) is 0 Å². The van der Waals surface area contributed by atoms with Crippen molar-refractivity contribution in [3.63, 3.8) is 0 Å². The molecule has 3 aromatic carbocycles. The molecule has 1 nitrogen and oxygen atoms in total. The predicted octanol–water partition coefficient (Wildman–Crippen LogP) is 10.9. The Kier molecular flexibility index (Phi) is 9.23. The van der Waals surface area contributed by atoms with E-state index in [2.05, 4.69) is 151 Å². The highest BCUT2D eigenvalue weighted by molar-refractivity contribution is 6.96. The van der Waals surface area contributed by atoms with Crippen LogP contribution in [-0.4, -0.2) is 22.8 Å². The highest BCUT2D eigenvalue weighted by Gasteiger charge is 2.50. The zero-order chi connectivity index (χ0) is 33.0. The molecule has 0 bridgehead atoms. The van der Waals surface area contributed by atoms with Crippen LogP contribution in [0.2, 0.25) is 30.2 Å². The summed E-state index contributed by atoms with van der Waals surface area (Å²) < 4.78 is 6.91. The largest absolute Gasteiger partial charge is 0.490 e. The first-order valence-corrected chi connectivity index (χ1v) is 22.4. The van der Waals surface area contributed by atoms with Crippen LogP contribution in [0.4, 0.5) is 0 Å². The van der Waals surface area contributed by atoms with Crippen molar-refractivity contribution in [2.45, 2.75) is 130 Å². The molecule has 0 saturated heterocycles. The van der Waals surface area contributed by atoms with Crippen LogP contribution < -0.4 is 15.1 Å². The van der Waals surface area contributed by atoms with Crippen molar-refractivity contribution in [2.24, 2.45) is 0 Å². The Bertz CT molecular complexity index is 1470. The van der Waals surface area contributed by atoms with Crippen LogP contribution in [0.5, 0.6) is 5.75 Å². The summed E-state index contributed by atoms with van der Waals surface area (Å²) in [5.74, 6) is 1.19. The van der Waals surface area contributed by atoms with E-state index in [1.807, 2.05) is 6.08 Å². The zero-order valence-electron chi connectivity index (χ0n) is 30.5.